The highest BCUT2D eigenvalue weighted by Gasteiger charge is 2.24. The predicted octanol–water partition coefficient (Wildman–Crippen LogP) is 2.13. The van der Waals surface area contributed by atoms with Crippen molar-refractivity contribution >= 4 is 11.8 Å². The van der Waals surface area contributed by atoms with Crippen LogP contribution in [0.5, 0.6) is 0 Å². The number of hydrogen-bond acceptors (Lipinski definition) is 3. The van der Waals surface area contributed by atoms with Gasteiger partial charge in [0.05, 0.1) is 0 Å². The minimum atomic E-state index is 0.110. The molecule has 0 bridgehead atoms. The van der Waals surface area contributed by atoms with Gasteiger partial charge in [-0.25, -0.2) is 0 Å². The van der Waals surface area contributed by atoms with Gasteiger partial charge < -0.3 is 10.4 Å². The van der Waals surface area contributed by atoms with E-state index in [4.69, 9.17) is 0 Å². The quantitative estimate of drug-likeness (QED) is 0.583. The molecule has 2 nitrogen and oxygen atoms in total. The first-order valence-corrected chi connectivity index (χ1v) is 6.94. The number of aliphatic hydroxyl groups is 1. The van der Waals surface area contributed by atoms with E-state index in [0.29, 0.717) is 6.61 Å². The van der Waals surface area contributed by atoms with Gasteiger partial charge in [-0.3, -0.25) is 0 Å². The lowest BCUT2D eigenvalue weighted by atomic mass is 9.83. The molecule has 0 saturated heterocycles. The number of thioether (sulfide) groups is 1. The average molecular weight is 219 g/mol. The van der Waals surface area contributed by atoms with Crippen LogP contribution in [-0.2, 0) is 0 Å². The summed E-state index contributed by atoms with van der Waals surface area (Å²) in [6.07, 6.45) is 5.46. The molecule has 0 amide bonds. The molecule has 0 aliphatic heterocycles. The smallest absolute Gasteiger partial charge is 0.0499 e. The highest BCUT2D eigenvalue weighted by atomic mass is 32.2. The van der Waals surface area contributed by atoms with Crippen molar-refractivity contribution in [2.75, 3.05) is 31.7 Å². The Bertz CT molecular complexity index is 118. The Labute approximate surface area is 92.9 Å². The van der Waals surface area contributed by atoms with Gasteiger partial charge in [0.1, 0.15) is 0 Å². The fourth-order valence-electron chi connectivity index (χ4n) is 1.47. The highest BCUT2D eigenvalue weighted by Crippen LogP contribution is 2.24. The summed E-state index contributed by atoms with van der Waals surface area (Å²) in [5, 5.41) is 12.8. The normalized spacial score (nSPS) is 12.0. The Morgan fingerprint density at radius 1 is 1.29 bits per heavy atom. The van der Waals surface area contributed by atoms with E-state index in [-0.39, 0.29) is 5.41 Å². The zero-order valence-corrected chi connectivity index (χ0v) is 10.6. The zero-order chi connectivity index (χ0) is 10.9. The van der Waals surface area contributed by atoms with Crippen LogP contribution in [0.4, 0.5) is 0 Å². The molecule has 0 aromatic carbocycles. The van der Waals surface area contributed by atoms with Crippen LogP contribution in [0.15, 0.2) is 0 Å². The van der Waals surface area contributed by atoms with E-state index in [0.717, 1.165) is 25.9 Å². The summed E-state index contributed by atoms with van der Waals surface area (Å²) in [5.74, 6) is 1.22. The van der Waals surface area contributed by atoms with Crippen LogP contribution in [0.1, 0.15) is 33.1 Å². The number of rotatable bonds is 9. The monoisotopic (exact) mass is 219 g/mol. The lowest BCUT2D eigenvalue weighted by molar-refractivity contribution is 0.113. The van der Waals surface area contributed by atoms with Gasteiger partial charge in [-0.2, -0.15) is 11.8 Å². The molecule has 0 atom stereocenters. The Morgan fingerprint density at radius 3 is 2.36 bits per heavy atom. The van der Waals surface area contributed by atoms with Crippen LogP contribution < -0.4 is 5.32 Å². The van der Waals surface area contributed by atoms with Gasteiger partial charge in [0.25, 0.3) is 0 Å². The van der Waals surface area contributed by atoms with E-state index in [1.807, 2.05) is 11.8 Å². The van der Waals surface area contributed by atoms with Gasteiger partial charge in [-0.05, 0) is 37.8 Å². The second kappa shape index (κ2) is 8.57. The molecule has 0 aliphatic rings. The van der Waals surface area contributed by atoms with Gasteiger partial charge >= 0.3 is 0 Å². The van der Waals surface area contributed by atoms with Crippen LogP contribution in [-0.4, -0.2) is 36.8 Å². The van der Waals surface area contributed by atoms with Crippen LogP contribution in [0.2, 0.25) is 0 Å². The molecular formula is C11H25NOS. The van der Waals surface area contributed by atoms with Crippen molar-refractivity contribution in [2.45, 2.75) is 33.1 Å². The van der Waals surface area contributed by atoms with E-state index in [9.17, 15) is 5.11 Å². The fourth-order valence-corrected chi connectivity index (χ4v) is 1.91. The van der Waals surface area contributed by atoms with Crippen LogP contribution in [0.25, 0.3) is 0 Å². The maximum absolute atomic E-state index is 9.34. The standard InChI is InChI=1S/C11H25NOS/c1-4-11(5-2,10-13)9-12-7-6-8-14-3/h12-13H,4-10H2,1-3H3. The first-order valence-electron chi connectivity index (χ1n) is 5.55. The largest absolute Gasteiger partial charge is 0.396 e. The van der Waals surface area contributed by atoms with E-state index in [1.165, 1.54) is 12.2 Å². The maximum Gasteiger partial charge on any atom is 0.0499 e. The molecule has 3 heteroatoms. The summed E-state index contributed by atoms with van der Waals surface area (Å²) >= 11 is 1.89. The molecule has 0 aliphatic carbocycles. The van der Waals surface area contributed by atoms with E-state index >= 15 is 0 Å². The Balaban J connectivity index is 3.61. The van der Waals surface area contributed by atoms with Gasteiger partial charge in [-0.15, -0.1) is 0 Å². The van der Waals surface area contributed by atoms with Gasteiger partial charge in [0.15, 0.2) is 0 Å². The van der Waals surface area contributed by atoms with E-state index < -0.39 is 0 Å². The van der Waals surface area contributed by atoms with E-state index in [2.05, 4.69) is 25.4 Å². The molecule has 0 saturated carbocycles. The topological polar surface area (TPSA) is 32.3 Å². The summed E-state index contributed by atoms with van der Waals surface area (Å²) in [7, 11) is 0. The maximum atomic E-state index is 9.34. The van der Waals surface area contributed by atoms with Crippen LogP contribution >= 0.6 is 11.8 Å². The minimum absolute atomic E-state index is 0.110. The first kappa shape index (κ1) is 14.3. The minimum Gasteiger partial charge on any atom is -0.396 e. The molecule has 2 N–H and O–H groups in total. The summed E-state index contributed by atoms with van der Waals surface area (Å²) < 4.78 is 0. The van der Waals surface area contributed by atoms with Gasteiger partial charge in [0, 0.05) is 18.6 Å². The highest BCUT2D eigenvalue weighted by molar-refractivity contribution is 7.98. The molecule has 0 fully saturated rings. The van der Waals surface area contributed by atoms with Crippen molar-refractivity contribution in [3.63, 3.8) is 0 Å². The van der Waals surface area contributed by atoms with E-state index in [1.54, 1.807) is 0 Å². The molecule has 0 radical (unpaired) electrons. The van der Waals surface area contributed by atoms with Crippen molar-refractivity contribution < 1.29 is 5.11 Å². The van der Waals surface area contributed by atoms with Gasteiger partial charge in [0.2, 0.25) is 0 Å². The van der Waals surface area contributed by atoms with Crippen molar-refractivity contribution in [2.24, 2.45) is 5.41 Å². The van der Waals surface area contributed by atoms with Crippen molar-refractivity contribution in [1.82, 2.24) is 5.32 Å². The third-order valence-electron chi connectivity index (χ3n) is 3.04. The molecule has 0 heterocycles. The van der Waals surface area contributed by atoms with Crippen LogP contribution in [0.3, 0.4) is 0 Å². The van der Waals surface area contributed by atoms with Crippen molar-refractivity contribution in [3.05, 3.63) is 0 Å². The Morgan fingerprint density at radius 2 is 1.93 bits per heavy atom. The third kappa shape index (κ3) is 5.23. The Hall–Kier alpha value is 0.270. The molecular weight excluding hydrogens is 194 g/mol. The second-order valence-corrected chi connectivity index (χ2v) is 4.87. The fraction of sp³-hybridized carbons (Fsp3) is 1.00. The number of aliphatic hydroxyl groups excluding tert-OH is 1. The predicted molar refractivity (Wildman–Crippen MR) is 66.0 cm³/mol. The molecule has 0 rings (SSSR count). The van der Waals surface area contributed by atoms with Crippen molar-refractivity contribution in [3.8, 4) is 0 Å². The molecule has 0 aromatic rings. The first-order chi connectivity index (χ1) is 6.74. The SMILES string of the molecule is CCC(CC)(CO)CNCCCSC. The summed E-state index contributed by atoms with van der Waals surface area (Å²) in [5.41, 5.74) is 0.110. The molecule has 86 valence electrons. The number of nitrogens with one attached hydrogen (secondary N) is 1. The molecule has 0 aromatic heterocycles. The molecule has 0 spiro atoms. The number of hydrogen-bond donors (Lipinski definition) is 2. The van der Waals surface area contributed by atoms with Gasteiger partial charge in [-0.1, -0.05) is 13.8 Å². The summed E-state index contributed by atoms with van der Waals surface area (Å²) in [6.45, 7) is 6.63. The van der Waals surface area contributed by atoms with Crippen LogP contribution in [0, 0.1) is 5.41 Å². The summed E-state index contributed by atoms with van der Waals surface area (Å²) in [4.78, 5) is 0. The molecule has 0 unspecified atom stereocenters. The lowest BCUT2D eigenvalue weighted by Gasteiger charge is -2.29. The lowest BCUT2D eigenvalue weighted by Crippen LogP contribution is -2.37. The average Bonchev–Trinajstić information content (AvgIpc) is 2.24. The zero-order valence-electron chi connectivity index (χ0n) is 9.81. The van der Waals surface area contributed by atoms with Crippen molar-refractivity contribution in [1.29, 1.82) is 0 Å². The second-order valence-electron chi connectivity index (χ2n) is 3.89. The third-order valence-corrected chi connectivity index (χ3v) is 3.73. The summed E-state index contributed by atoms with van der Waals surface area (Å²) in [6, 6.07) is 0. The molecule has 14 heavy (non-hydrogen) atoms. The Kier molecular flexibility index (Phi) is 8.73.